The lowest BCUT2D eigenvalue weighted by atomic mass is 10.1. The van der Waals surface area contributed by atoms with Gasteiger partial charge in [-0.2, -0.15) is 0 Å². The average molecular weight is 421 g/mol. The molecule has 0 saturated heterocycles. The highest BCUT2D eigenvalue weighted by molar-refractivity contribution is 6.34. The van der Waals surface area contributed by atoms with Gasteiger partial charge in [0.15, 0.2) is 12.4 Å². The van der Waals surface area contributed by atoms with Gasteiger partial charge in [0.05, 0.1) is 17.0 Å². The quantitative estimate of drug-likeness (QED) is 0.440. The highest BCUT2D eigenvalue weighted by atomic mass is 35.5. The lowest BCUT2D eigenvalue weighted by Crippen LogP contribution is -2.20. The molecule has 0 aliphatic rings. The lowest BCUT2D eigenvalue weighted by Gasteiger charge is -2.10. The number of halogens is 1. The molecule has 0 bridgehead atoms. The molecule has 2 N–H and O–H groups in total. The van der Waals surface area contributed by atoms with Gasteiger partial charge in [0, 0.05) is 5.69 Å². The average Bonchev–Trinajstić information content (AvgIpc) is 3.29. The van der Waals surface area contributed by atoms with Gasteiger partial charge in [0.1, 0.15) is 5.75 Å². The molecule has 30 heavy (non-hydrogen) atoms. The molecule has 0 saturated carbocycles. The maximum atomic E-state index is 12.2. The van der Waals surface area contributed by atoms with Crippen LogP contribution in [0.15, 0.2) is 83.5 Å². The van der Waals surface area contributed by atoms with Crippen molar-refractivity contribution in [3.63, 3.8) is 0 Å². The predicted molar refractivity (Wildman–Crippen MR) is 116 cm³/mol. The van der Waals surface area contributed by atoms with Crippen molar-refractivity contribution >= 4 is 45.6 Å². The van der Waals surface area contributed by atoms with Crippen LogP contribution in [0.2, 0.25) is 5.02 Å². The Morgan fingerprint density at radius 1 is 0.900 bits per heavy atom. The zero-order valence-corrected chi connectivity index (χ0v) is 16.5. The first kappa shape index (κ1) is 19.5. The van der Waals surface area contributed by atoms with E-state index < -0.39 is 5.91 Å². The molecule has 6 nitrogen and oxygen atoms in total. The number of hydrogen-bond acceptors (Lipinski definition) is 4. The Bertz CT molecular complexity index is 1210. The summed E-state index contributed by atoms with van der Waals surface area (Å²) in [6, 6.07) is 21.5. The van der Waals surface area contributed by atoms with Crippen molar-refractivity contribution in [1.29, 1.82) is 0 Å². The minimum absolute atomic E-state index is 0.146. The third kappa shape index (κ3) is 4.61. The van der Waals surface area contributed by atoms with E-state index in [1.807, 2.05) is 42.5 Å². The zero-order chi connectivity index (χ0) is 20.9. The first-order valence-electron chi connectivity index (χ1n) is 9.14. The fourth-order valence-electron chi connectivity index (χ4n) is 2.89. The van der Waals surface area contributed by atoms with E-state index in [9.17, 15) is 9.59 Å². The molecule has 4 rings (SSSR count). The summed E-state index contributed by atoms with van der Waals surface area (Å²) >= 11 is 6.22. The third-order valence-corrected chi connectivity index (χ3v) is 4.65. The molecule has 4 aromatic rings. The predicted octanol–water partition coefficient (Wildman–Crippen LogP) is 5.36. The van der Waals surface area contributed by atoms with Crippen molar-refractivity contribution in [2.45, 2.75) is 0 Å². The molecule has 1 heterocycles. The van der Waals surface area contributed by atoms with Crippen LogP contribution in [-0.2, 0) is 4.79 Å². The number of ether oxygens (including phenoxy) is 1. The molecule has 0 fully saturated rings. The van der Waals surface area contributed by atoms with Crippen LogP contribution in [0, 0.1) is 0 Å². The molecule has 0 atom stereocenters. The van der Waals surface area contributed by atoms with Crippen LogP contribution < -0.4 is 15.4 Å². The molecule has 0 aliphatic heterocycles. The second kappa shape index (κ2) is 8.71. The van der Waals surface area contributed by atoms with E-state index in [1.54, 1.807) is 30.3 Å². The first-order valence-corrected chi connectivity index (χ1v) is 9.52. The van der Waals surface area contributed by atoms with Crippen molar-refractivity contribution < 1.29 is 18.7 Å². The van der Waals surface area contributed by atoms with Gasteiger partial charge in [0.2, 0.25) is 0 Å². The Kier molecular flexibility index (Phi) is 5.68. The Labute approximate surface area is 177 Å². The van der Waals surface area contributed by atoms with Crippen molar-refractivity contribution in [3.05, 3.63) is 89.8 Å². The van der Waals surface area contributed by atoms with E-state index in [-0.39, 0.29) is 23.3 Å². The molecule has 7 heteroatoms. The summed E-state index contributed by atoms with van der Waals surface area (Å²) in [5.41, 5.74) is 0.895. The van der Waals surface area contributed by atoms with Crippen LogP contribution in [0.5, 0.6) is 5.75 Å². The summed E-state index contributed by atoms with van der Waals surface area (Å²) in [7, 11) is 0. The van der Waals surface area contributed by atoms with E-state index in [1.165, 1.54) is 6.26 Å². The van der Waals surface area contributed by atoms with Crippen molar-refractivity contribution in [1.82, 2.24) is 0 Å². The fourth-order valence-corrected chi connectivity index (χ4v) is 3.12. The number of hydrogen-bond donors (Lipinski definition) is 2. The number of carbonyl (C=O) groups is 2. The van der Waals surface area contributed by atoms with Crippen molar-refractivity contribution in [2.75, 3.05) is 17.2 Å². The summed E-state index contributed by atoms with van der Waals surface area (Å²) in [4.78, 5) is 24.3. The first-order chi connectivity index (χ1) is 14.6. The van der Waals surface area contributed by atoms with E-state index in [4.69, 9.17) is 20.8 Å². The van der Waals surface area contributed by atoms with E-state index in [0.29, 0.717) is 17.1 Å². The van der Waals surface area contributed by atoms with Crippen LogP contribution >= 0.6 is 11.6 Å². The number of amides is 2. The van der Waals surface area contributed by atoms with Gasteiger partial charge in [-0.05, 0) is 53.2 Å². The summed E-state index contributed by atoms with van der Waals surface area (Å²) in [6.07, 6.45) is 1.41. The highest BCUT2D eigenvalue weighted by Crippen LogP contribution is 2.26. The van der Waals surface area contributed by atoms with Gasteiger partial charge >= 0.3 is 0 Å². The Balaban J connectivity index is 1.34. The molecule has 0 aliphatic carbocycles. The smallest absolute Gasteiger partial charge is 0.291 e. The monoisotopic (exact) mass is 420 g/mol. The second-order valence-corrected chi connectivity index (χ2v) is 6.88. The standard InChI is InChI=1S/C23H17ClN2O4/c24-19-13-17(8-10-20(19)26-23(28)21-6-3-11-29-21)25-22(27)14-30-18-9-7-15-4-1-2-5-16(15)12-18/h1-13H,14H2,(H,25,27)(H,26,28). The van der Waals surface area contributed by atoms with Crippen molar-refractivity contribution in [3.8, 4) is 5.75 Å². The van der Waals surface area contributed by atoms with E-state index in [2.05, 4.69) is 10.6 Å². The summed E-state index contributed by atoms with van der Waals surface area (Å²) in [6.45, 7) is -0.146. The van der Waals surface area contributed by atoms with Gasteiger partial charge in [-0.25, -0.2) is 0 Å². The van der Waals surface area contributed by atoms with Gasteiger partial charge in [-0.3, -0.25) is 9.59 Å². The minimum atomic E-state index is -0.414. The van der Waals surface area contributed by atoms with Gasteiger partial charge in [-0.1, -0.05) is 41.9 Å². The normalized spacial score (nSPS) is 10.6. The topological polar surface area (TPSA) is 80.6 Å². The summed E-state index contributed by atoms with van der Waals surface area (Å²) in [5, 5.41) is 7.79. The number of rotatable bonds is 6. The molecule has 0 unspecified atom stereocenters. The van der Waals surface area contributed by atoms with Crippen LogP contribution in [0.4, 0.5) is 11.4 Å². The van der Waals surface area contributed by atoms with E-state index in [0.717, 1.165) is 10.8 Å². The fraction of sp³-hybridized carbons (Fsp3) is 0.0435. The SMILES string of the molecule is O=C(COc1ccc2ccccc2c1)Nc1ccc(NC(=O)c2ccco2)c(Cl)c1. The third-order valence-electron chi connectivity index (χ3n) is 4.34. The highest BCUT2D eigenvalue weighted by Gasteiger charge is 2.12. The van der Waals surface area contributed by atoms with Gasteiger partial charge < -0.3 is 19.8 Å². The van der Waals surface area contributed by atoms with Crippen LogP contribution in [0.1, 0.15) is 10.6 Å². The largest absolute Gasteiger partial charge is 0.484 e. The molecule has 0 spiro atoms. The number of anilines is 2. The van der Waals surface area contributed by atoms with Crippen LogP contribution in [0.25, 0.3) is 10.8 Å². The van der Waals surface area contributed by atoms with Crippen molar-refractivity contribution in [2.24, 2.45) is 0 Å². The van der Waals surface area contributed by atoms with E-state index >= 15 is 0 Å². The molecule has 0 radical (unpaired) electrons. The second-order valence-electron chi connectivity index (χ2n) is 6.47. The Morgan fingerprint density at radius 3 is 2.50 bits per heavy atom. The molecule has 2 amide bonds. The Hall–Kier alpha value is -3.77. The minimum Gasteiger partial charge on any atom is -0.484 e. The number of benzene rings is 3. The molecular formula is C23H17ClN2O4. The van der Waals surface area contributed by atoms with Gasteiger partial charge in [0.25, 0.3) is 11.8 Å². The molecule has 3 aromatic carbocycles. The number of carbonyl (C=O) groups excluding carboxylic acids is 2. The lowest BCUT2D eigenvalue weighted by molar-refractivity contribution is -0.118. The zero-order valence-electron chi connectivity index (χ0n) is 15.7. The number of fused-ring (bicyclic) bond motifs is 1. The van der Waals surface area contributed by atoms with Gasteiger partial charge in [-0.15, -0.1) is 0 Å². The number of furan rings is 1. The number of nitrogens with one attached hydrogen (secondary N) is 2. The summed E-state index contributed by atoms with van der Waals surface area (Å²) < 4.78 is 10.6. The maximum absolute atomic E-state index is 12.2. The molecule has 150 valence electrons. The molecular weight excluding hydrogens is 404 g/mol. The molecule has 1 aromatic heterocycles. The maximum Gasteiger partial charge on any atom is 0.291 e. The summed E-state index contributed by atoms with van der Waals surface area (Å²) in [5.74, 6) is 0.0428. The Morgan fingerprint density at radius 2 is 1.73 bits per heavy atom. The van der Waals surface area contributed by atoms with Crippen LogP contribution in [0.3, 0.4) is 0 Å². The van der Waals surface area contributed by atoms with Crippen LogP contribution in [-0.4, -0.2) is 18.4 Å².